The van der Waals surface area contributed by atoms with Gasteiger partial charge in [-0.3, -0.25) is 0 Å². The number of nitriles is 1. The highest BCUT2D eigenvalue weighted by atomic mass is 79.9. The molecule has 0 aliphatic carbocycles. The Morgan fingerprint density at radius 1 is 0.957 bits per heavy atom. The highest BCUT2D eigenvalue weighted by Gasteiger charge is 2.02. The van der Waals surface area contributed by atoms with E-state index < -0.39 is 0 Å². The summed E-state index contributed by atoms with van der Waals surface area (Å²) in [5.74, 6) is 1.14. The summed E-state index contributed by atoms with van der Waals surface area (Å²) in [7, 11) is 0. The molecule has 23 heavy (non-hydrogen) atoms. The van der Waals surface area contributed by atoms with Gasteiger partial charge in [0.25, 0.3) is 0 Å². The Bertz CT molecular complexity index is 855. The molecule has 5 nitrogen and oxygen atoms in total. The lowest BCUT2D eigenvalue weighted by Gasteiger charge is -2.08. The van der Waals surface area contributed by atoms with Gasteiger partial charge in [0.1, 0.15) is 5.82 Å². The number of nitrogens with one attached hydrogen (secondary N) is 2. The van der Waals surface area contributed by atoms with Gasteiger partial charge in [-0.05, 0) is 48.5 Å². The molecule has 0 fully saturated rings. The summed E-state index contributed by atoms with van der Waals surface area (Å²) in [6.07, 6.45) is 1.67. The Labute approximate surface area is 142 Å². The fourth-order valence-electron chi connectivity index (χ4n) is 1.97. The first-order chi connectivity index (χ1) is 11.2. The van der Waals surface area contributed by atoms with E-state index in [-0.39, 0.29) is 0 Å². The van der Waals surface area contributed by atoms with Crippen LogP contribution in [0.25, 0.3) is 0 Å². The summed E-state index contributed by atoms with van der Waals surface area (Å²) in [5, 5.41) is 15.2. The fraction of sp³-hybridized carbons (Fsp3) is 0. The lowest BCUT2D eigenvalue weighted by Crippen LogP contribution is -2.00. The maximum absolute atomic E-state index is 8.94. The molecule has 0 bridgehead atoms. The van der Waals surface area contributed by atoms with Gasteiger partial charge in [0.05, 0.1) is 11.6 Å². The Hall–Kier alpha value is -2.91. The second kappa shape index (κ2) is 6.90. The largest absolute Gasteiger partial charge is 0.340 e. The van der Waals surface area contributed by atoms with Crippen molar-refractivity contribution in [3.8, 4) is 6.07 Å². The smallest absolute Gasteiger partial charge is 0.229 e. The van der Waals surface area contributed by atoms with E-state index in [1.165, 1.54) is 0 Å². The molecule has 0 radical (unpaired) electrons. The summed E-state index contributed by atoms with van der Waals surface area (Å²) in [4.78, 5) is 8.62. The van der Waals surface area contributed by atoms with Crippen LogP contribution in [0.4, 0.5) is 23.1 Å². The predicted molar refractivity (Wildman–Crippen MR) is 93.9 cm³/mol. The number of benzene rings is 2. The molecule has 0 spiro atoms. The first-order valence-corrected chi connectivity index (χ1v) is 7.65. The molecule has 0 aliphatic rings. The number of aromatic nitrogens is 2. The van der Waals surface area contributed by atoms with Crippen LogP contribution in [0.1, 0.15) is 5.56 Å². The third kappa shape index (κ3) is 4.05. The first kappa shape index (κ1) is 15.0. The van der Waals surface area contributed by atoms with Crippen molar-refractivity contribution in [3.05, 3.63) is 70.8 Å². The molecule has 3 aromatic rings. The van der Waals surface area contributed by atoms with Crippen LogP contribution >= 0.6 is 15.9 Å². The molecule has 2 N–H and O–H groups in total. The average molecular weight is 366 g/mol. The van der Waals surface area contributed by atoms with Crippen molar-refractivity contribution in [1.29, 1.82) is 5.26 Å². The zero-order valence-corrected chi connectivity index (χ0v) is 13.6. The van der Waals surface area contributed by atoms with Gasteiger partial charge in [0, 0.05) is 22.0 Å². The Balaban J connectivity index is 1.77. The molecule has 6 heteroatoms. The summed E-state index contributed by atoms with van der Waals surface area (Å²) in [6, 6.07) is 18.9. The van der Waals surface area contributed by atoms with Crippen LogP contribution in [0.3, 0.4) is 0 Å². The number of anilines is 4. The van der Waals surface area contributed by atoms with Crippen LogP contribution < -0.4 is 10.6 Å². The molecule has 0 amide bonds. The lowest BCUT2D eigenvalue weighted by molar-refractivity contribution is 1.16. The molecule has 3 rings (SSSR count). The van der Waals surface area contributed by atoms with E-state index in [0.717, 1.165) is 15.8 Å². The quantitative estimate of drug-likeness (QED) is 0.706. The second-order valence-corrected chi connectivity index (χ2v) is 5.63. The molecule has 0 saturated carbocycles. The van der Waals surface area contributed by atoms with Crippen LogP contribution in [0.15, 0.2) is 65.3 Å². The monoisotopic (exact) mass is 365 g/mol. The van der Waals surface area contributed by atoms with Crippen molar-refractivity contribution in [3.63, 3.8) is 0 Å². The molecule has 112 valence electrons. The Morgan fingerprint density at radius 3 is 2.57 bits per heavy atom. The first-order valence-electron chi connectivity index (χ1n) is 6.86. The van der Waals surface area contributed by atoms with Crippen molar-refractivity contribution >= 4 is 39.1 Å². The average Bonchev–Trinajstić information content (AvgIpc) is 2.57. The lowest BCUT2D eigenvalue weighted by atomic mass is 10.2. The highest BCUT2D eigenvalue weighted by molar-refractivity contribution is 9.10. The minimum absolute atomic E-state index is 0.494. The van der Waals surface area contributed by atoms with E-state index in [4.69, 9.17) is 5.26 Å². The van der Waals surface area contributed by atoms with Gasteiger partial charge < -0.3 is 10.6 Å². The van der Waals surface area contributed by atoms with Crippen molar-refractivity contribution < 1.29 is 0 Å². The molecule has 1 aromatic heterocycles. The van der Waals surface area contributed by atoms with Gasteiger partial charge in [0.2, 0.25) is 5.95 Å². The standard InChI is InChI=1S/C17H12BrN5/c18-13-4-6-14(7-5-13)22-17-20-9-8-16(23-17)21-15-3-1-2-12(10-15)11-19/h1-10H,(H2,20,21,22,23). The number of nitrogens with zero attached hydrogens (tertiary/aromatic N) is 3. The molecule has 0 saturated heterocycles. The van der Waals surface area contributed by atoms with E-state index >= 15 is 0 Å². The van der Waals surface area contributed by atoms with Gasteiger partial charge in [-0.1, -0.05) is 22.0 Å². The second-order valence-electron chi connectivity index (χ2n) is 4.71. The highest BCUT2D eigenvalue weighted by Crippen LogP contribution is 2.19. The molecular formula is C17H12BrN5. The van der Waals surface area contributed by atoms with Gasteiger partial charge in [-0.15, -0.1) is 0 Å². The van der Waals surface area contributed by atoms with Gasteiger partial charge >= 0.3 is 0 Å². The number of halogens is 1. The van der Waals surface area contributed by atoms with E-state index in [9.17, 15) is 0 Å². The summed E-state index contributed by atoms with van der Waals surface area (Å²) >= 11 is 3.40. The van der Waals surface area contributed by atoms with Crippen LogP contribution in [0, 0.1) is 11.3 Å². The molecule has 0 unspecified atom stereocenters. The normalized spacial score (nSPS) is 9.91. The maximum atomic E-state index is 8.94. The zero-order valence-electron chi connectivity index (χ0n) is 12.0. The van der Waals surface area contributed by atoms with Gasteiger partial charge in [-0.2, -0.15) is 10.2 Å². The third-order valence-electron chi connectivity index (χ3n) is 3.02. The molecular weight excluding hydrogens is 354 g/mol. The van der Waals surface area contributed by atoms with Crippen molar-refractivity contribution in [2.24, 2.45) is 0 Å². The number of rotatable bonds is 4. The number of hydrogen-bond acceptors (Lipinski definition) is 5. The van der Waals surface area contributed by atoms with E-state index in [1.807, 2.05) is 36.4 Å². The summed E-state index contributed by atoms with van der Waals surface area (Å²) in [5.41, 5.74) is 2.30. The SMILES string of the molecule is N#Cc1cccc(Nc2ccnc(Nc3ccc(Br)cc3)n2)c1. The summed E-state index contributed by atoms with van der Waals surface area (Å²) in [6.45, 7) is 0. The van der Waals surface area contributed by atoms with Crippen molar-refractivity contribution in [1.82, 2.24) is 9.97 Å². The molecule has 1 heterocycles. The molecule has 0 aliphatic heterocycles. The Kier molecular flexibility index (Phi) is 4.50. The van der Waals surface area contributed by atoms with Crippen LogP contribution in [0.2, 0.25) is 0 Å². The van der Waals surface area contributed by atoms with Crippen molar-refractivity contribution in [2.45, 2.75) is 0 Å². The van der Waals surface area contributed by atoms with Crippen LogP contribution in [0.5, 0.6) is 0 Å². The predicted octanol–water partition coefficient (Wildman–Crippen LogP) is 4.60. The van der Waals surface area contributed by atoms with Crippen LogP contribution in [-0.2, 0) is 0 Å². The van der Waals surface area contributed by atoms with E-state index in [0.29, 0.717) is 17.3 Å². The minimum atomic E-state index is 0.494. The van der Waals surface area contributed by atoms with E-state index in [2.05, 4.69) is 42.6 Å². The number of hydrogen-bond donors (Lipinski definition) is 2. The summed E-state index contributed by atoms with van der Waals surface area (Å²) < 4.78 is 1.01. The molecule has 0 atom stereocenters. The van der Waals surface area contributed by atoms with Gasteiger partial charge in [-0.25, -0.2) is 4.98 Å². The van der Waals surface area contributed by atoms with E-state index in [1.54, 1.807) is 24.4 Å². The topological polar surface area (TPSA) is 73.6 Å². The Morgan fingerprint density at radius 2 is 1.78 bits per heavy atom. The minimum Gasteiger partial charge on any atom is -0.340 e. The maximum Gasteiger partial charge on any atom is 0.229 e. The zero-order chi connectivity index (χ0) is 16.1. The third-order valence-corrected chi connectivity index (χ3v) is 3.55. The molecule has 2 aromatic carbocycles. The van der Waals surface area contributed by atoms with Crippen molar-refractivity contribution in [2.75, 3.05) is 10.6 Å². The van der Waals surface area contributed by atoms with Crippen LogP contribution in [-0.4, -0.2) is 9.97 Å². The fourth-order valence-corrected chi connectivity index (χ4v) is 2.23. The van der Waals surface area contributed by atoms with Gasteiger partial charge in [0.15, 0.2) is 0 Å².